The Morgan fingerprint density at radius 1 is 1.05 bits per heavy atom. The predicted octanol–water partition coefficient (Wildman–Crippen LogP) is 7.61. The van der Waals surface area contributed by atoms with Crippen LogP contribution in [0, 0.1) is 6.92 Å². The number of unbranched alkanes of at least 4 members (excludes halogenated alkanes) is 1. The predicted molar refractivity (Wildman–Crippen MR) is 168 cm³/mol. The molecule has 1 fully saturated rings. The van der Waals surface area contributed by atoms with Crippen molar-refractivity contribution in [2.45, 2.75) is 99.4 Å². The molecule has 1 aliphatic rings. The molecular weight excluding hydrogens is 498 g/mol. The van der Waals surface area contributed by atoms with E-state index in [1.54, 1.807) is 7.11 Å². The molecule has 1 N–H and O–H groups in total. The number of aromatic nitrogens is 1. The number of carbonyl (C=O) groups excluding carboxylic acids is 1. The van der Waals surface area contributed by atoms with Crippen LogP contribution in [0.15, 0.2) is 48.5 Å². The summed E-state index contributed by atoms with van der Waals surface area (Å²) in [5.74, 6) is 0.939. The summed E-state index contributed by atoms with van der Waals surface area (Å²) in [6.45, 7) is 18.2. The van der Waals surface area contributed by atoms with Crippen LogP contribution in [0.25, 0.3) is 10.9 Å². The molecule has 1 amide bonds. The standard InChI is InChI=1S/C30H41N3O3.2C2H6/c1-22(2)33(25-14-11-17-31-20-25)30(34)28-23(3)26-15-10-16-27(36-21-24-12-6-5-7-13-24)29(26)32(28)18-8-9-19-35-4;2*1-2/h5-7,10,12-13,15-16,22,25,31H,8-9,11,14,17-21H2,1-4H3;2*1-2H3/t25-;;/m1../s1. The van der Waals surface area contributed by atoms with Gasteiger partial charge in [0.1, 0.15) is 18.1 Å². The molecule has 0 bridgehead atoms. The molecule has 1 atom stereocenters. The van der Waals surface area contributed by atoms with E-state index in [0.717, 1.165) is 78.8 Å². The maximum atomic E-state index is 14.3. The molecule has 2 heterocycles. The zero-order chi connectivity index (χ0) is 29.5. The van der Waals surface area contributed by atoms with Gasteiger partial charge in [-0.15, -0.1) is 0 Å². The number of ether oxygens (including phenoxy) is 2. The van der Waals surface area contributed by atoms with Crippen LogP contribution >= 0.6 is 0 Å². The Kier molecular flexibility index (Phi) is 14.8. The molecule has 0 aliphatic carbocycles. The Hall–Kier alpha value is -2.83. The third-order valence-corrected chi connectivity index (χ3v) is 7.17. The van der Waals surface area contributed by atoms with Gasteiger partial charge in [-0.1, -0.05) is 70.2 Å². The largest absolute Gasteiger partial charge is 0.487 e. The van der Waals surface area contributed by atoms with Crippen LogP contribution in [0.2, 0.25) is 0 Å². The lowest BCUT2D eigenvalue weighted by atomic mass is 10.0. The van der Waals surface area contributed by atoms with E-state index in [2.05, 4.69) is 53.8 Å². The number of amides is 1. The molecular formula is C34H53N3O3. The first-order valence-electron chi connectivity index (χ1n) is 15.3. The molecule has 2 aromatic carbocycles. The Morgan fingerprint density at radius 2 is 1.77 bits per heavy atom. The van der Waals surface area contributed by atoms with E-state index in [1.807, 2.05) is 58.0 Å². The van der Waals surface area contributed by atoms with Crippen LogP contribution in [-0.2, 0) is 17.9 Å². The first-order valence-corrected chi connectivity index (χ1v) is 15.3. The SMILES string of the molecule is CC.CC.COCCCCn1c(C(=O)N(C(C)C)[C@@H]2CCCNC2)c(C)c2cccc(OCc3ccccc3)c21. The summed E-state index contributed by atoms with van der Waals surface area (Å²) in [4.78, 5) is 16.4. The van der Waals surface area contributed by atoms with Crippen molar-refractivity contribution in [1.29, 1.82) is 0 Å². The van der Waals surface area contributed by atoms with Crippen LogP contribution in [0.1, 0.15) is 88.8 Å². The number of piperidine rings is 1. The van der Waals surface area contributed by atoms with E-state index in [-0.39, 0.29) is 18.0 Å². The van der Waals surface area contributed by atoms with Crippen LogP contribution in [0.5, 0.6) is 5.75 Å². The van der Waals surface area contributed by atoms with Gasteiger partial charge in [0.25, 0.3) is 5.91 Å². The summed E-state index contributed by atoms with van der Waals surface area (Å²) in [6, 6.07) is 16.7. The first kappa shape index (κ1) is 33.4. The van der Waals surface area contributed by atoms with E-state index in [4.69, 9.17) is 9.47 Å². The topological polar surface area (TPSA) is 55.7 Å². The van der Waals surface area contributed by atoms with E-state index in [1.165, 1.54) is 0 Å². The highest BCUT2D eigenvalue weighted by atomic mass is 16.5. The molecule has 1 saturated heterocycles. The summed E-state index contributed by atoms with van der Waals surface area (Å²) in [7, 11) is 1.73. The number of nitrogens with one attached hydrogen (secondary N) is 1. The number of aryl methyl sites for hydroxylation is 2. The van der Waals surface area contributed by atoms with Crippen molar-refractivity contribution in [2.75, 3.05) is 26.8 Å². The van der Waals surface area contributed by atoms with Crippen molar-refractivity contribution in [1.82, 2.24) is 14.8 Å². The highest BCUT2D eigenvalue weighted by Gasteiger charge is 2.32. The number of carbonyl (C=O) groups is 1. The fourth-order valence-corrected chi connectivity index (χ4v) is 5.43. The lowest BCUT2D eigenvalue weighted by molar-refractivity contribution is 0.0561. The minimum absolute atomic E-state index is 0.119. The van der Waals surface area contributed by atoms with Crippen molar-refractivity contribution in [3.8, 4) is 5.75 Å². The molecule has 1 aromatic heterocycles. The van der Waals surface area contributed by atoms with Gasteiger partial charge in [0.15, 0.2) is 0 Å². The molecule has 0 radical (unpaired) electrons. The number of benzene rings is 2. The monoisotopic (exact) mass is 551 g/mol. The Labute approximate surface area is 243 Å². The first-order chi connectivity index (χ1) is 19.5. The van der Waals surface area contributed by atoms with Gasteiger partial charge >= 0.3 is 0 Å². The number of rotatable bonds is 11. The fourth-order valence-electron chi connectivity index (χ4n) is 5.43. The Balaban J connectivity index is 0.00000134. The molecule has 6 nitrogen and oxygen atoms in total. The molecule has 6 heteroatoms. The van der Waals surface area contributed by atoms with Gasteiger partial charge in [-0.2, -0.15) is 0 Å². The molecule has 0 saturated carbocycles. The lowest BCUT2D eigenvalue weighted by Crippen LogP contribution is -2.52. The summed E-state index contributed by atoms with van der Waals surface area (Å²) < 4.78 is 13.9. The Morgan fingerprint density at radius 3 is 2.40 bits per heavy atom. The van der Waals surface area contributed by atoms with Crippen LogP contribution in [0.4, 0.5) is 0 Å². The number of hydrogen-bond donors (Lipinski definition) is 1. The van der Waals surface area contributed by atoms with Gasteiger partial charge in [0.2, 0.25) is 0 Å². The fraction of sp³-hybridized carbons (Fsp3) is 0.559. The van der Waals surface area contributed by atoms with Crippen LogP contribution in [0.3, 0.4) is 0 Å². The van der Waals surface area contributed by atoms with Crippen molar-refractivity contribution >= 4 is 16.8 Å². The molecule has 4 rings (SSSR count). The van der Waals surface area contributed by atoms with Crippen molar-refractivity contribution in [2.24, 2.45) is 0 Å². The Bertz CT molecular complexity index is 1130. The van der Waals surface area contributed by atoms with E-state index >= 15 is 0 Å². The zero-order valence-corrected chi connectivity index (χ0v) is 26.3. The molecule has 0 unspecified atom stereocenters. The lowest BCUT2D eigenvalue weighted by Gasteiger charge is -2.38. The van der Waals surface area contributed by atoms with Crippen molar-refractivity contribution in [3.05, 3.63) is 65.4 Å². The highest BCUT2D eigenvalue weighted by Crippen LogP contribution is 2.35. The van der Waals surface area contributed by atoms with E-state index in [9.17, 15) is 4.79 Å². The summed E-state index contributed by atoms with van der Waals surface area (Å²) in [5.41, 5.74) is 3.95. The van der Waals surface area contributed by atoms with E-state index < -0.39 is 0 Å². The summed E-state index contributed by atoms with van der Waals surface area (Å²) in [5, 5.41) is 4.57. The van der Waals surface area contributed by atoms with Gasteiger partial charge in [-0.05, 0) is 70.2 Å². The summed E-state index contributed by atoms with van der Waals surface area (Å²) >= 11 is 0. The number of para-hydroxylation sites is 1. The minimum atomic E-state index is 0.119. The van der Waals surface area contributed by atoms with Crippen molar-refractivity contribution in [3.63, 3.8) is 0 Å². The zero-order valence-electron chi connectivity index (χ0n) is 26.3. The number of hydrogen-bond acceptors (Lipinski definition) is 4. The average Bonchev–Trinajstić information content (AvgIpc) is 3.29. The third-order valence-electron chi connectivity index (χ3n) is 7.17. The average molecular weight is 552 g/mol. The van der Waals surface area contributed by atoms with Gasteiger partial charge in [0.05, 0.1) is 5.52 Å². The summed E-state index contributed by atoms with van der Waals surface area (Å²) in [6.07, 6.45) is 4.00. The minimum Gasteiger partial charge on any atom is -0.487 e. The second kappa shape index (κ2) is 17.8. The normalized spacial score (nSPS) is 14.7. The van der Waals surface area contributed by atoms with Crippen LogP contribution < -0.4 is 10.1 Å². The molecule has 0 spiro atoms. The maximum absolute atomic E-state index is 14.3. The molecule has 3 aromatic rings. The molecule has 40 heavy (non-hydrogen) atoms. The maximum Gasteiger partial charge on any atom is 0.271 e. The number of methoxy groups -OCH3 is 1. The third kappa shape index (κ3) is 8.34. The van der Waals surface area contributed by atoms with Gasteiger partial charge < -0.3 is 24.3 Å². The van der Waals surface area contributed by atoms with Gasteiger partial charge in [-0.3, -0.25) is 4.79 Å². The second-order valence-corrected chi connectivity index (χ2v) is 10.1. The highest BCUT2D eigenvalue weighted by molar-refractivity contribution is 6.03. The van der Waals surface area contributed by atoms with Gasteiger partial charge in [-0.25, -0.2) is 0 Å². The van der Waals surface area contributed by atoms with Gasteiger partial charge in [0, 0.05) is 44.3 Å². The van der Waals surface area contributed by atoms with E-state index in [0.29, 0.717) is 13.2 Å². The van der Waals surface area contributed by atoms with Crippen molar-refractivity contribution < 1.29 is 14.3 Å². The second-order valence-electron chi connectivity index (χ2n) is 10.1. The smallest absolute Gasteiger partial charge is 0.271 e. The molecule has 1 aliphatic heterocycles. The quantitative estimate of drug-likeness (QED) is 0.249. The number of nitrogens with zero attached hydrogens (tertiary/aromatic N) is 2. The molecule has 222 valence electrons. The number of fused-ring (bicyclic) bond motifs is 1. The van der Waals surface area contributed by atoms with Crippen LogP contribution in [-0.4, -0.2) is 54.3 Å².